The number of carboxylic acids is 1. The molecule has 0 bridgehead atoms. The van der Waals surface area contributed by atoms with Crippen molar-refractivity contribution in [2.75, 3.05) is 39.0 Å². The van der Waals surface area contributed by atoms with E-state index in [0.29, 0.717) is 23.9 Å². The monoisotopic (exact) mass is 742 g/mol. The fourth-order valence-electron chi connectivity index (χ4n) is 5.89. The van der Waals surface area contributed by atoms with Crippen LogP contribution in [0, 0.1) is 11.3 Å². The maximum Gasteiger partial charge on any atom is 0.430 e. The third-order valence-corrected chi connectivity index (χ3v) is 11.7. The molecule has 0 amide bonds. The lowest BCUT2D eigenvalue weighted by Crippen LogP contribution is -3.10. The van der Waals surface area contributed by atoms with Gasteiger partial charge in [0.25, 0.3) is 0 Å². The number of hydrogen-bond donors (Lipinski definition) is 3. The molecule has 3 N–H and O–H groups in total. The molecule has 0 aliphatic heterocycles. The van der Waals surface area contributed by atoms with E-state index in [2.05, 4.69) is 43.6 Å². The Balaban J connectivity index is 0.000000727. The average molecular weight is 743 g/mol. The van der Waals surface area contributed by atoms with Crippen LogP contribution in [0.5, 0.6) is 0 Å². The molecule has 1 unspecified atom stereocenters. The molecule has 3 aromatic rings. The first-order chi connectivity index (χ1) is 23.1. The van der Waals surface area contributed by atoms with E-state index < -0.39 is 28.0 Å². The molecular weight excluding hydrogens is 698 g/mol. The summed E-state index contributed by atoms with van der Waals surface area (Å²) in [4.78, 5) is 38.5. The molecule has 5 rings (SSSR count). The lowest BCUT2D eigenvalue weighted by molar-refractivity contribution is -0.884. The van der Waals surface area contributed by atoms with Gasteiger partial charge in [0.1, 0.15) is 34.3 Å². The van der Waals surface area contributed by atoms with Crippen LogP contribution in [0.15, 0.2) is 24.4 Å². The lowest BCUT2D eigenvalue weighted by atomic mass is 9.71. The second kappa shape index (κ2) is 15.2. The predicted molar refractivity (Wildman–Crippen MR) is 181 cm³/mol. The van der Waals surface area contributed by atoms with E-state index in [1.165, 1.54) is 35.9 Å². The fraction of sp³-hybridized carbons (Fsp3) is 0.606. The van der Waals surface area contributed by atoms with E-state index >= 15 is 0 Å². The number of ketones is 1. The highest BCUT2D eigenvalue weighted by molar-refractivity contribution is 7.90. The van der Waals surface area contributed by atoms with Crippen molar-refractivity contribution in [2.45, 2.75) is 83.4 Å². The Bertz CT molecular complexity index is 1790. The first-order valence-corrected chi connectivity index (χ1v) is 18.6. The highest BCUT2D eigenvalue weighted by Crippen LogP contribution is 2.38. The summed E-state index contributed by atoms with van der Waals surface area (Å²) in [5.41, 5.74) is 3.72. The number of Topliss-reactive ketones (excluding diaryl/α,β-unsaturated/α-hetero) is 1. The number of anilines is 1. The number of aliphatic hydroxyl groups is 1. The number of aryl methyl sites for hydroxylation is 1. The molecule has 12 nitrogen and oxygen atoms in total. The Labute approximate surface area is 294 Å². The van der Waals surface area contributed by atoms with Crippen LogP contribution in [-0.2, 0) is 27.8 Å². The largest absolute Gasteiger partial charge is 0.542 e. The number of quaternary nitrogens is 1. The van der Waals surface area contributed by atoms with Crippen LogP contribution in [0.2, 0.25) is 0 Å². The summed E-state index contributed by atoms with van der Waals surface area (Å²) in [7, 11) is 1.29. The van der Waals surface area contributed by atoms with Crippen molar-refractivity contribution in [3.05, 3.63) is 46.2 Å². The normalized spacial score (nSPS) is 18.5. The fourth-order valence-corrected chi connectivity index (χ4v) is 7.35. The number of carboxylic acid groups (broad SMARTS) is 1. The van der Waals surface area contributed by atoms with Gasteiger partial charge in [-0.2, -0.15) is 25.9 Å². The van der Waals surface area contributed by atoms with Gasteiger partial charge in [-0.15, -0.1) is 0 Å². The summed E-state index contributed by atoms with van der Waals surface area (Å²) in [6.07, 6.45) is 2.17. The van der Waals surface area contributed by atoms with Gasteiger partial charge in [0, 0.05) is 38.8 Å². The Morgan fingerprint density at radius 3 is 2.40 bits per heavy atom. The number of likely N-dealkylation sites (N-methyl/N-ethyl adjacent to an activating group) is 1. The third kappa shape index (κ3) is 10.6. The maximum absolute atomic E-state index is 13.7. The molecule has 0 aromatic carbocycles. The molecule has 0 saturated heterocycles. The summed E-state index contributed by atoms with van der Waals surface area (Å²) in [5.74, 6) is -2.36. The van der Waals surface area contributed by atoms with Crippen LogP contribution in [0.25, 0.3) is 10.3 Å². The van der Waals surface area contributed by atoms with Gasteiger partial charge < -0.3 is 19.9 Å². The average Bonchev–Trinajstić information content (AvgIpc) is 3.58. The Hall–Kier alpha value is -3.25. The van der Waals surface area contributed by atoms with Crippen molar-refractivity contribution in [1.29, 1.82) is 0 Å². The number of carbonyl (C=O) groups excluding carboxylic acids is 2. The number of aromatic nitrogens is 3. The molecule has 3 atom stereocenters. The zero-order valence-electron chi connectivity index (χ0n) is 29.1. The first kappa shape index (κ1) is 39.5. The van der Waals surface area contributed by atoms with Crippen LogP contribution in [0.3, 0.4) is 0 Å². The highest BCUT2D eigenvalue weighted by atomic mass is 32.2. The molecule has 2 aliphatic carbocycles. The third-order valence-electron chi connectivity index (χ3n) is 9.22. The molecule has 0 spiro atoms. The summed E-state index contributed by atoms with van der Waals surface area (Å²) in [6, 6.07) is 5.61. The number of carbonyl (C=O) groups is 2. The zero-order chi connectivity index (χ0) is 37.2. The number of pyridine rings is 2. The molecule has 1 saturated carbocycles. The van der Waals surface area contributed by atoms with Crippen LogP contribution >= 0.6 is 11.3 Å². The van der Waals surface area contributed by atoms with Crippen LogP contribution < -0.4 is 14.7 Å². The van der Waals surface area contributed by atoms with Crippen molar-refractivity contribution < 1.29 is 46.3 Å². The van der Waals surface area contributed by atoms with Gasteiger partial charge in [0.2, 0.25) is 0 Å². The molecule has 50 heavy (non-hydrogen) atoms. The minimum atomic E-state index is -5.19. The van der Waals surface area contributed by atoms with Crippen LogP contribution in [-0.4, -0.2) is 90.5 Å². The predicted octanol–water partition coefficient (Wildman–Crippen LogP) is 2.54. The highest BCUT2D eigenvalue weighted by Gasteiger charge is 2.43. The topological polar surface area (TPSA) is 170 Å². The van der Waals surface area contributed by atoms with E-state index in [-0.39, 0.29) is 29.4 Å². The zero-order valence-corrected chi connectivity index (χ0v) is 30.7. The molecule has 17 heteroatoms. The Morgan fingerprint density at radius 1 is 1.20 bits per heavy atom. The van der Waals surface area contributed by atoms with E-state index in [4.69, 9.17) is 19.9 Å². The summed E-state index contributed by atoms with van der Waals surface area (Å²) < 4.78 is 59.6. The maximum atomic E-state index is 13.7. The second-order valence-electron chi connectivity index (χ2n) is 14.6. The molecule has 2 aliphatic rings. The molecule has 1 fully saturated rings. The van der Waals surface area contributed by atoms with E-state index in [0.717, 1.165) is 64.6 Å². The minimum absolute atomic E-state index is 0.0330. The molecule has 276 valence electrons. The number of nitrogens with zero attached hydrogens (tertiary/aromatic N) is 4. The van der Waals surface area contributed by atoms with Crippen LogP contribution in [0.1, 0.15) is 85.4 Å². The summed E-state index contributed by atoms with van der Waals surface area (Å²) in [5, 5.41) is 19.6. The van der Waals surface area contributed by atoms with Crippen molar-refractivity contribution in [3.63, 3.8) is 0 Å². The van der Waals surface area contributed by atoms with Crippen LogP contribution in [0.4, 0.5) is 19.0 Å². The quantitative estimate of drug-likeness (QED) is 0.236. The van der Waals surface area contributed by atoms with E-state index in [1.54, 1.807) is 12.3 Å². The lowest BCUT2D eigenvalue weighted by Gasteiger charge is -2.34. The van der Waals surface area contributed by atoms with Gasteiger partial charge in [0.15, 0.2) is 10.8 Å². The van der Waals surface area contributed by atoms with Crippen molar-refractivity contribution in [3.8, 4) is 0 Å². The van der Waals surface area contributed by atoms with Crippen molar-refractivity contribution in [2.24, 2.45) is 11.3 Å². The van der Waals surface area contributed by atoms with Gasteiger partial charge in [-0.25, -0.2) is 15.0 Å². The number of alkyl halides is 3. The number of fused-ring (bicyclic) bond motifs is 2. The number of rotatable bonds is 12. The summed E-state index contributed by atoms with van der Waals surface area (Å²) in [6.45, 7) is 8.34. The van der Waals surface area contributed by atoms with Gasteiger partial charge in [-0.3, -0.25) is 9.52 Å². The SMILES string of the molecule is CN(C)S(=O)(=O)Nc1ccc([C@@H](CC[NH+](C)CC2(O)CC2)CC(=O)c2nc3cc4c(nc3s2)CC[C@H](C(C)(C)C)C4)cn1.O=C([O-])C(F)(F)F. The second-order valence-corrected chi connectivity index (χ2v) is 17.5. The number of aliphatic carboxylic acids is 1. The Kier molecular flexibility index (Phi) is 12.0. The van der Waals surface area contributed by atoms with E-state index in [1.807, 2.05) is 6.07 Å². The minimum Gasteiger partial charge on any atom is -0.542 e. The standard InChI is InChI=1S/C31H44N6O4S2.C2HF3O2/c1-30(2,3)23-8-9-24-22(15-23)16-25-28(33-24)42-29(34-25)26(38)17-20(11-14-37(6)19-31(39)12-13-31)21-7-10-27(32-18-21)35-43(40,41)36(4)5;3-2(4,5)1(6)7/h7,10,16,18,20,23,39H,8-9,11-15,17,19H2,1-6H3,(H,32,35);(H,6,7)/t20-,23-;/m0./s1. The number of halogens is 3. The van der Waals surface area contributed by atoms with Gasteiger partial charge in [-0.1, -0.05) is 38.2 Å². The van der Waals surface area contributed by atoms with Crippen molar-refractivity contribution in [1.82, 2.24) is 19.3 Å². The number of thiazole rings is 1. The molecule has 3 aromatic heterocycles. The van der Waals surface area contributed by atoms with Gasteiger partial charge in [0.05, 0.1) is 13.6 Å². The number of nitrogens with one attached hydrogen (secondary N) is 2. The molecule has 3 heterocycles. The Morgan fingerprint density at radius 2 is 1.86 bits per heavy atom. The van der Waals surface area contributed by atoms with E-state index in [9.17, 15) is 31.5 Å². The molecule has 0 radical (unpaired) electrons. The van der Waals surface area contributed by atoms with Gasteiger partial charge in [-0.05, 0) is 72.6 Å². The number of hydrogen-bond acceptors (Lipinski definition) is 10. The summed E-state index contributed by atoms with van der Waals surface area (Å²) >= 11 is 1.37. The first-order valence-electron chi connectivity index (χ1n) is 16.4. The van der Waals surface area contributed by atoms with Gasteiger partial charge >= 0.3 is 16.4 Å². The van der Waals surface area contributed by atoms with Crippen molar-refractivity contribution >= 4 is 49.5 Å². The molecular formula is C33H45F3N6O6S2. The smallest absolute Gasteiger partial charge is 0.430 e.